The Bertz CT molecular complexity index is 525. The topological polar surface area (TPSA) is 48.3 Å². The first kappa shape index (κ1) is 12.0. The molecule has 19 heavy (non-hydrogen) atoms. The maximum absolute atomic E-state index is 5.35. The molecule has 0 atom stereocenters. The van der Waals surface area contributed by atoms with Crippen molar-refractivity contribution in [2.24, 2.45) is 0 Å². The third-order valence-electron chi connectivity index (χ3n) is 3.07. The van der Waals surface area contributed by atoms with E-state index in [0.29, 0.717) is 6.79 Å². The van der Waals surface area contributed by atoms with E-state index in [1.54, 1.807) is 6.20 Å². The minimum atomic E-state index is 0.329. The summed E-state index contributed by atoms with van der Waals surface area (Å²) in [7, 11) is 0. The molecule has 1 aliphatic rings. The quantitative estimate of drug-likeness (QED) is 0.804. The van der Waals surface area contributed by atoms with Crippen LogP contribution in [0.3, 0.4) is 0 Å². The van der Waals surface area contributed by atoms with Crippen molar-refractivity contribution in [2.45, 2.75) is 19.5 Å². The molecule has 0 saturated heterocycles. The van der Waals surface area contributed by atoms with E-state index in [4.69, 9.17) is 9.47 Å². The van der Waals surface area contributed by atoms with Crippen LogP contribution in [0.4, 0.5) is 0 Å². The van der Waals surface area contributed by atoms with Gasteiger partial charge in [-0.2, -0.15) is 5.10 Å². The summed E-state index contributed by atoms with van der Waals surface area (Å²) < 4.78 is 12.6. The second-order valence-corrected chi connectivity index (χ2v) is 4.49. The van der Waals surface area contributed by atoms with Crippen LogP contribution in [-0.2, 0) is 13.1 Å². The van der Waals surface area contributed by atoms with Crippen molar-refractivity contribution in [1.29, 1.82) is 0 Å². The zero-order valence-corrected chi connectivity index (χ0v) is 10.7. The van der Waals surface area contributed by atoms with Crippen LogP contribution in [0.15, 0.2) is 36.7 Å². The predicted molar refractivity (Wildman–Crippen MR) is 71.1 cm³/mol. The van der Waals surface area contributed by atoms with Gasteiger partial charge in [-0.15, -0.1) is 0 Å². The van der Waals surface area contributed by atoms with Crippen molar-refractivity contribution in [2.75, 3.05) is 13.3 Å². The summed E-state index contributed by atoms with van der Waals surface area (Å²) in [5, 5.41) is 7.59. The van der Waals surface area contributed by atoms with Crippen LogP contribution >= 0.6 is 0 Å². The van der Waals surface area contributed by atoms with Crippen LogP contribution in [0.25, 0.3) is 0 Å². The Morgan fingerprint density at radius 1 is 1.26 bits per heavy atom. The van der Waals surface area contributed by atoms with Crippen LogP contribution in [0, 0.1) is 0 Å². The Morgan fingerprint density at radius 2 is 2.21 bits per heavy atom. The number of nitrogens with zero attached hydrogens (tertiary/aromatic N) is 2. The molecule has 1 aliphatic heterocycles. The molecule has 0 bridgehead atoms. The molecule has 0 unspecified atom stereocenters. The Morgan fingerprint density at radius 3 is 3.11 bits per heavy atom. The number of fused-ring (bicyclic) bond motifs is 1. The first-order valence-electron chi connectivity index (χ1n) is 6.48. The van der Waals surface area contributed by atoms with E-state index in [-0.39, 0.29) is 0 Å². The molecular formula is C14H17N3O2. The normalized spacial score (nSPS) is 12.8. The van der Waals surface area contributed by atoms with Gasteiger partial charge in [0, 0.05) is 25.5 Å². The lowest BCUT2D eigenvalue weighted by Gasteiger charge is -2.06. The van der Waals surface area contributed by atoms with E-state index >= 15 is 0 Å². The van der Waals surface area contributed by atoms with E-state index in [1.807, 2.05) is 29.1 Å². The van der Waals surface area contributed by atoms with E-state index in [9.17, 15) is 0 Å². The first-order chi connectivity index (χ1) is 9.42. The lowest BCUT2D eigenvalue weighted by Crippen LogP contribution is -2.16. The van der Waals surface area contributed by atoms with Crippen molar-refractivity contribution in [3.63, 3.8) is 0 Å². The van der Waals surface area contributed by atoms with Crippen molar-refractivity contribution >= 4 is 0 Å². The first-order valence-corrected chi connectivity index (χ1v) is 6.48. The minimum Gasteiger partial charge on any atom is -0.454 e. The Hall–Kier alpha value is -2.01. The summed E-state index contributed by atoms with van der Waals surface area (Å²) in [6.45, 7) is 3.08. The number of benzene rings is 1. The highest BCUT2D eigenvalue weighted by Gasteiger charge is 2.12. The van der Waals surface area contributed by atoms with E-state index in [1.165, 1.54) is 5.56 Å². The molecule has 0 saturated carbocycles. The summed E-state index contributed by atoms with van der Waals surface area (Å²) in [5.74, 6) is 1.68. The summed E-state index contributed by atoms with van der Waals surface area (Å²) >= 11 is 0. The van der Waals surface area contributed by atoms with E-state index in [2.05, 4.69) is 16.5 Å². The monoisotopic (exact) mass is 259 g/mol. The second-order valence-electron chi connectivity index (χ2n) is 4.49. The van der Waals surface area contributed by atoms with E-state index < -0.39 is 0 Å². The number of aromatic nitrogens is 2. The smallest absolute Gasteiger partial charge is 0.231 e. The molecule has 2 aromatic rings. The molecule has 1 N–H and O–H groups in total. The molecule has 5 heteroatoms. The van der Waals surface area contributed by atoms with Gasteiger partial charge in [0.15, 0.2) is 11.5 Å². The highest BCUT2D eigenvalue weighted by molar-refractivity contribution is 5.44. The fraction of sp³-hybridized carbons (Fsp3) is 0.357. The molecule has 3 rings (SSSR count). The second kappa shape index (κ2) is 5.75. The number of nitrogens with one attached hydrogen (secondary N) is 1. The fourth-order valence-electron chi connectivity index (χ4n) is 2.08. The number of aryl methyl sites for hydroxylation is 1. The van der Waals surface area contributed by atoms with Gasteiger partial charge in [-0.3, -0.25) is 4.68 Å². The average molecular weight is 259 g/mol. The zero-order valence-electron chi connectivity index (χ0n) is 10.7. The highest BCUT2D eigenvalue weighted by Crippen LogP contribution is 2.32. The zero-order chi connectivity index (χ0) is 12.9. The lowest BCUT2D eigenvalue weighted by atomic mass is 10.2. The number of ether oxygens (including phenoxy) is 2. The molecule has 0 amide bonds. The van der Waals surface area contributed by atoms with Crippen molar-refractivity contribution in [3.8, 4) is 11.5 Å². The van der Waals surface area contributed by atoms with Gasteiger partial charge in [-0.1, -0.05) is 6.07 Å². The molecular weight excluding hydrogens is 242 g/mol. The van der Waals surface area contributed by atoms with Crippen molar-refractivity contribution in [3.05, 3.63) is 42.2 Å². The van der Waals surface area contributed by atoms with E-state index in [0.717, 1.165) is 37.6 Å². The largest absolute Gasteiger partial charge is 0.454 e. The van der Waals surface area contributed by atoms with Gasteiger partial charge < -0.3 is 14.8 Å². The fourth-order valence-corrected chi connectivity index (χ4v) is 2.08. The summed E-state index contributed by atoms with van der Waals surface area (Å²) in [6, 6.07) is 8.00. The molecule has 5 nitrogen and oxygen atoms in total. The van der Waals surface area contributed by atoms with Crippen molar-refractivity contribution in [1.82, 2.24) is 15.1 Å². The van der Waals surface area contributed by atoms with Gasteiger partial charge in [0.25, 0.3) is 0 Å². The van der Waals surface area contributed by atoms with Gasteiger partial charge in [-0.25, -0.2) is 0 Å². The molecule has 0 aliphatic carbocycles. The SMILES string of the molecule is c1cnn(CCCNCc2ccc3c(c2)OCO3)c1. The third-order valence-corrected chi connectivity index (χ3v) is 3.07. The van der Waals surface area contributed by atoms with Gasteiger partial charge in [-0.05, 0) is 36.7 Å². The number of hydrogen-bond acceptors (Lipinski definition) is 4. The van der Waals surface area contributed by atoms with Crippen LogP contribution < -0.4 is 14.8 Å². The van der Waals surface area contributed by atoms with Gasteiger partial charge in [0.2, 0.25) is 6.79 Å². The minimum absolute atomic E-state index is 0.329. The number of rotatable bonds is 6. The Labute approximate surface area is 112 Å². The van der Waals surface area contributed by atoms with Crippen LogP contribution in [0.1, 0.15) is 12.0 Å². The molecule has 100 valence electrons. The molecule has 1 aromatic heterocycles. The lowest BCUT2D eigenvalue weighted by molar-refractivity contribution is 0.174. The molecule has 0 fully saturated rings. The van der Waals surface area contributed by atoms with Crippen LogP contribution in [0.5, 0.6) is 11.5 Å². The van der Waals surface area contributed by atoms with Crippen LogP contribution in [-0.4, -0.2) is 23.1 Å². The number of hydrogen-bond donors (Lipinski definition) is 1. The highest BCUT2D eigenvalue weighted by atomic mass is 16.7. The van der Waals surface area contributed by atoms with Gasteiger partial charge in [0.05, 0.1) is 0 Å². The van der Waals surface area contributed by atoms with Gasteiger partial charge in [0.1, 0.15) is 0 Å². The molecule has 2 heterocycles. The Kier molecular flexibility index (Phi) is 3.65. The summed E-state index contributed by atoms with van der Waals surface area (Å²) in [6.07, 6.45) is 4.85. The Balaban J connectivity index is 1.40. The van der Waals surface area contributed by atoms with Crippen molar-refractivity contribution < 1.29 is 9.47 Å². The maximum atomic E-state index is 5.35. The summed E-state index contributed by atoms with van der Waals surface area (Å²) in [5.41, 5.74) is 1.21. The van der Waals surface area contributed by atoms with Gasteiger partial charge >= 0.3 is 0 Å². The molecule has 0 radical (unpaired) electrons. The summed E-state index contributed by atoms with van der Waals surface area (Å²) in [4.78, 5) is 0. The molecule has 0 spiro atoms. The standard InChI is InChI=1S/C14H17N3O2/c1(7-17-8-2-6-16-17)5-15-10-12-3-4-13-14(9-12)19-11-18-13/h2-4,6,8-9,15H,1,5,7,10-11H2. The average Bonchev–Trinajstić information content (AvgIpc) is 3.08. The third kappa shape index (κ3) is 3.06. The predicted octanol–water partition coefficient (Wildman–Crippen LogP) is 1.79. The molecule has 1 aromatic carbocycles. The van der Waals surface area contributed by atoms with Crippen LogP contribution in [0.2, 0.25) is 0 Å². The maximum Gasteiger partial charge on any atom is 0.231 e.